The maximum absolute atomic E-state index is 12.1. The largest absolute Gasteiger partial charge is 0.481 e. The highest BCUT2D eigenvalue weighted by atomic mass is 16.6. The standard InChI is InChI=1S/C17H30N2O4/c1-15(2,3)23-14(22)19-10-8-16(9-11-19)4-6-17(18,7-5-16)12-13(20)21/h4-12,18H2,1-3H3,(H,20,21). The number of rotatable bonds is 2. The van der Waals surface area contributed by atoms with Gasteiger partial charge in [-0.05, 0) is 64.7 Å². The molecule has 0 aromatic rings. The number of ether oxygens (including phenoxy) is 1. The quantitative estimate of drug-likeness (QED) is 0.814. The van der Waals surface area contributed by atoms with Crippen LogP contribution in [-0.2, 0) is 9.53 Å². The van der Waals surface area contributed by atoms with Crippen LogP contribution in [0.3, 0.4) is 0 Å². The zero-order chi connectivity index (χ0) is 17.3. The van der Waals surface area contributed by atoms with E-state index in [-0.39, 0.29) is 17.9 Å². The van der Waals surface area contributed by atoms with Gasteiger partial charge in [-0.1, -0.05) is 0 Å². The topological polar surface area (TPSA) is 92.9 Å². The van der Waals surface area contributed by atoms with Gasteiger partial charge in [0.15, 0.2) is 0 Å². The summed E-state index contributed by atoms with van der Waals surface area (Å²) >= 11 is 0. The molecule has 1 saturated carbocycles. The average molecular weight is 326 g/mol. The Labute approximate surface area is 138 Å². The maximum Gasteiger partial charge on any atom is 0.410 e. The lowest BCUT2D eigenvalue weighted by Gasteiger charge is -2.48. The molecule has 23 heavy (non-hydrogen) atoms. The Morgan fingerprint density at radius 1 is 1.09 bits per heavy atom. The molecule has 2 aliphatic rings. The first-order valence-electron chi connectivity index (χ1n) is 8.51. The summed E-state index contributed by atoms with van der Waals surface area (Å²) in [6, 6.07) is 0. The molecule has 3 N–H and O–H groups in total. The number of carbonyl (C=O) groups excluding carboxylic acids is 1. The summed E-state index contributed by atoms with van der Waals surface area (Å²) in [5.41, 5.74) is 5.43. The van der Waals surface area contributed by atoms with Gasteiger partial charge >= 0.3 is 12.1 Å². The normalized spacial score (nSPS) is 23.6. The van der Waals surface area contributed by atoms with E-state index in [2.05, 4.69) is 0 Å². The number of carboxylic acid groups (broad SMARTS) is 1. The first-order chi connectivity index (χ1) is 10.5. The van der Waals surface area contributed by atoms with Gasteiger partial charge in [0.1, 0.15) is 5.60 Å². The van der Waals surface area contributed by atoms with Crippen molar-refractivity contribution >= 4 is 12.1 Å². The van der Waals surface area contributed by atoms with Crippen LogP contribution in [0.1, 0.15) is 65.7 Å². The van der Waals surface area contributed by atoms with Crippen LogP contribution in [0.15, 0.2) is 0 Å². The van der Waals surface area contributed by atoms with E-state index in [1.807, 2.05) is 20.8 Å². The summed E-state index contributed by atoms with van der Waals surface area (Å²) in [5.74, 6) is -0.816. The second-order valence-electron chi connectivity index (χ2n) is 8.40. The van der Waals surface area contributed by atoms with E-state index in [9.17, 15) is 9.59 Å². The highest BCUT2D eigenvalue weighted by Gasteiger charge is 2.44. The maximum atomic E-state index is 12.1. The van der Waals surface area contributed by atoms with E-state index in [4.69, 9.17) is 15.6 Å². The minimum absolute atomic E-state index is 0.0487. The minimum atomic E-state index is -0.816. The van der Waals surface area contributed by atoms with Gasteiger partial charge in [-0.25, -0.2) is 4.79 Å². The van der Waals surface area contributed by atoms with Crippen molar-refractivity contribution in [2.45, 2.75) is 76.9 Å². The molecule has 1 aliphatic carbocycles. The van der Waals surface area contributed by atoms with Crippen molar-refractivity contribution < 1.29 is 19.4 Å². The van der Waals surface area contributed by atoms with Crippen molar-refractivity contribution in [1.29, 1.82) is 0 Å². The summed E-state index contributed by atoms with van der Waals surface area (Å²) in [4.78, 5) is 24.9. The van der Waals surface area contributed by atoms with Crippen LogP contribution in [0.4, 0.5) is 4.79 Å². The number of piperidine rings is 1. The number of nitrogens with two attached hydrogens (primary N) is 1. The van der Waals surface area contributed by atoms with Gasteiger partial charge < -0.3 is 20.5 Å². The molecule has 1 aliphatic heterocycles. The van der Waals surface area contributed by atoms with Crippen LogP contribution in [-0.4, -0.2) is 46.3 Å². The van der Waals surface area contributed by atoms with E-state index in [0.29, 0.717) is 13.1 Å². The third-order valence-corrected chi connectivity index (χ3v) is 5.29. The molecule has 0 atom stereocenters. The van der Waals surface area contributed by atoms with Crippen molar-refractivity contribution in [3.8, 4) is 0 Å². The summed E-state index contributed by atoms with van der Waals surface area (Å²) in [7, 11) is 0. The van der Waals surface area contributed by atoms with Gasteiger partial charge in [-0.2, -0.15) is 0 Å². The van der Waals surface area contributed by atoms with Crippen LogP contribution in [0, 0.1) is 5.41 Å². The molecule has 132 valence electrons. The van der Waals surface area contributed by atoms with E-state index >= 15 is 0 Å². The second-order valence-corrected chi connectivity index (χ2v) is 8.40. The second kappa shape index (κ2) is 6.30. The number of likely N-dealkylation sites (tertiary alicyclic amines) is 1. The number of nitrogens with zero attached hydrogens (tertiary/aromatic N) is 1. The lowest BCUT2D eigenvalue weighted by atomic mass is 9.63. The minimum Gasteiger partial charge on any atom is -0.481 e. The molecule has 6 heteroatoms. The Morgan fingerprint density at radius 2 is 1.61 bits per heavy atom. The summed E-state index contributed by atoms with van der Waals surface area (Å²) in [5, 5.41) is 8.98. The SMILES string of the molecule is CC(C)(C)OC(=O)N1CCC2(CC1)CCC(N)(CC(=O)O)CC2. The average Bonchev–Trinajstić information content (AvgIpc) is 2.41. The van der Waals surface area contributed by atoms with E-state index in [0.717, 1.165) is 38.5 Å². The molecular formula is C17H30N2O4. The summed E-state index contributed by atoms with van der Waals surface area (Å²) in [6.07, 6.45) is 5.15. The lowest BCUT2D eigenvalue weighted by molar-refractivity contribution is -0.139. The zero-order valence-electron chi connectivity index (χ0n) is 14.6. The highest BCUT2D eigenvalue weighted by Crippen LogP contribution is 2.47. The number of carbonyl (C=O) groups is 2. The fourth-order valence-electron chi connectivity index (χ4n) is 3.75. The lowest BCUT2D eigenvalue weighted by Crippen LogP contribution is -2.51. The van der Waals surface area contributed by atoms with E-state index < -0.39 is 17.1 Å². The molecule has 2 rings (SSSR count). The van der Waals surface area contributed by atoms with Crippen molar-refractivity contribution in [1.82, 2.24) is 4.90 Å². The monoisotopic (exact) mass is 326 g/mol. The van der Waals surface area contributed by atoms with Gasteiger partial charge in [0.2, 0.25) is 0 Å². The number of aliphatic carboxylic acids is 1. The Balaban J connectivity index is 1.85. The van der Waals surface area contributed by atoms with Crippen LogP contribution in [0.2, 0.25) is 0 Å². The van der Waals surface area contributed by atoms with Gasteiger partial charge in [-0.15, -0.1) is 0 Å². The molecule has 1 spiro atoms. The number of carboxylic acids is 1. The number of hydrogen-bond acceptors (Lipinski definition) is 4. The van der Waals surface area contributed by atoms with Gasteiger partial charge in [0.25, 0.3) is 0 Å². The molecule has 0 aromatic carbocycles. The first kappa shape index (κ1) is 18.0. The number of hydrogen-bond donors (Lipinski definition) is 2. The first-order valence-corrected chi connectivity index (χ1v) is 8.51. The third kappa shape index (κ3) is 4.83. The van der Waals surface area contributed by atoms with Gasteiger partial charge in [0.05, 0.1) is 6.42 Å². The molecule has 6 nitrogen and oxygen atoms in total. The Hall–Kier alpha value is -1.30. The van der Waals surface area contributed by atoms with Crippen molar-refractivity contribution in [3.05, 3.63) is 0 Å². The predicted octanol–water partition coefficient (Wildman–Crippen LogP) is 2.75. The van der Waals surface area contributed by atoms with E-state index in [1.54, 1.807) is 4.90 Å². The molecule has 1 amide bonds. The van der Waals surface area contributed by atoms with Crippen molar-refractivity contribution in [3.63, 3.8) is 0 Å². The molecule has 0 unspecified atom stereocenters. The molecule has 1 saturated heterocycles. The molecule has 0 bridgehead atoms. The van der Waals surface area contributed by atoms with Crippen LogP contribution >= 0.6 is 0 Å². The predicted molar refractivity (Wildman–Crippen MR) is 87.1 cm³/mol. The van der Waals surface area contributed by atoms with E-state index in [1.165, 1.54) is 0 Å². The van der Waals surface area contributed by atoms with Gasteiger partial charge in [0, 0.05) is 18.6 Å². The Kier molecular flexibility index (Phi) is 4.95. The highest BCUT2D eigenvalue weighted by molar-refractivity contribution is 5.68. The molecular weight excluding hydrogens is 296 g/mol. The van der Waals surface area contributed by atoms with Crippen molar-refractivity contribution in [2.75, 3.05) is 13.1 Å². The fourth-order valence-corrected chi connectivity index (χ4v) is 3.75. The summed E-state index contributed by atoms with van der Waals surface area (Å²) in [6.45, 7) is 7.05. The fraction of sp³-hybridized carbons (Fsp3) is 0.882. The molecule has 0 aromatic heterocycles. The summed E-state index contributed by atoms with van der Waals surface area (Å²) < 4.78 is 5.43. The van der Waals surface area contributed by atoms with Crippen molar-refractivity contribution in [2.24, 2.45) is 11.1 Å². The molecule has 0 radical (unpaired) electrons. The number of amides is 1. The van der Waals surface area contributed by atoms with Crippen LogP contribution in [0.25, 0.3) is 0 Å². The van der Waals surface area contributed by atoms with Crippen LogP contribution in [0.5, 0.6) is 0 Å². The molecule has 2 fully saturated rings. The Bertz CT molecular complexity index is 452. The smallest absolute Gasteiger partial charge is 0.410 e. The third-order valence-electron chi connectivity index (χ3n) is 5.29. The van der Waals surface area contributed by atoms with Crippen LogP contribution < -0.4 is 5.73 Å². The Morgan fingerprint density at radius 3 is 2.04 bits per heavy atom. The zero-order valence-corrected chi connectivity index (χ0v) is 14.6. The molecule has 1 heterocycles. The van der Waals surface area contributed by atoms with Gasteiger partial charge in [-0.3, -0.25) is 4.79 Å².